The summed E-state index contributed by atoms with van der Waals surface area (Å²) in [4.78, 5) is 24.0. The summed E-state index contributed by atoms with van der Waals surface area (Å²) < 4.78 is 7.10. The van der Waals surface area contributed by atoms with Crippen LogP contribution in [0.15, 0.2) is 41.6 Å². The maximum atomic E-state index is 13.2. The molecule has 1 amide bonds. The Hall–Kier alpha value is -2.45. The van der Waals surface area contributed by atoms with Crippen molar-refractivity contribution in [1.29, 1.82) is 0 Å². The molecule has 0 aliphatic carbocycles. The number of hydrogen-bond donors (Lipinski definition) is 0. The molecule has 1 aliphatic rings. The fourth-order valence-electron chi connectivity index (χ4n) is 3.14. The number of rotatable bonds is 4. The highest BCUT2D eigenvalue weighted by molar-refractivity contribution is 8.00. The molecule has 0 radical (unpaired) electrons. The number of aryl methyl sites for hydroxylation is 2. The Morgan fingerprint density at radius 3 is 2.63 bits per heavy atom. The predicted octanol–water partition coefficient (Wildman–Crippen LogP) is 2.43. The number of fused-ring (bicyclic) bond motifs is 1. The van der Waals surface area contributed by atoms with Crippen LogP contribution in [0.25, 0.3) is 5.78 Å². The van der Waals surface area contributed by atoms with Gasteiger partial charge in [0.15, 0.2) is 0 Å². The molecule has 3 aromatic rings. The Morgan fingerprint density at radius 1 is 1.15 bits per heavy atom. The summed E-state index contributed by atoms with van der Waals surface area (Å²) in [6.07, 6.45) is 0. The minimum Gasteiger partial charge on any atom is -0.378 e. The smallest absolute Gasteiger partial charge is 0.253 e. The number of hydrogen-bond acceptors (Lipinski definition) is 6. The Labute approximate surface area is 161 Å². The second-order valence-corrected chi connectivity index (χ2v) is 7.56. The van der Waals surface area contributed by atoms with Crippen molar-refractivity contribution in [3.05, 3.63) is 53.3 Å². The van der Waals surface area contributed by atoms with Crippen molar-refractivity contribution in [2.75, 3.05) is 26.3 Å². The molecule has 8 heteroatoms. The molecule has 1 aliphatic heterocycles. The summed E-state index contributed by atoms with van der Waals surface area (Å²) in [5.74, 6) is 0.620. The molecule has 0 unspecified atom stereocenters. The number of ether oxygens (including phenoxy) is 1. The first-order chi connectivity index (χ1) is 13.1. The van der Waals surface area contributed by atoms with Gasteiger partial charge in [-0.1, -0.05) is 42.1 Å². The van der Waals surface area contributed by atoms with Crippen LogP contribution in [0, 0.1) is 13.8 Å². The van der Waals surface area contributed by atoms with Gasteiger partial charge in [-0.2, -0.15) is 4.98 Å². The number of nitrogens with zero attached hydrogens (tertiary/aromatic N) is 5. The molecule has 27 heavy (non-hydrogen) atoms. The van der Waals surface area contributed by atoms with Gasteiger partial charge in [-0.15, -0.1) is 5.10 Å². The van der Waals surface area contributed by atoms with E-state index in [9.17, 15) is 4.79 Å². The molecular formula is C19H21N5O2S. The first-order valence-electron chi connectivity index (χ1n) is 8.91. The topological polar surface area (TPSA) is 72.6 Å². The Bertz CT molecular complexity index is 953. The molecule has 0 spiro atoms. The van der Waals surface area contributed by atoms with E-state index in [4.69, 9.17) is 4.74 Å². The summed E-state index contributed by atoms with van der Waals surface area (Å²) in [5, 5.41) is 4.70. The lowest BCUT2D eigenvalue weighted by Gasteiger charge is -2.30. The highest BCUT2D eigenvalue weighted by atomic mass is 32.2. The molecule has 4 rings (SSSR count). The normalized spacial score (nSPS) is 15.9. The Balaban J connectivity index is 1.67. The molecule has 1 fully saturated rings. The summed E-state index contributed by atoms with van der Waals surface area (Å²) in [6.45, 7) is 6.28. The van der Waals surface area contributed by atoms with Crippen molar-refractivity contribution < 1.29 is 9.53 Å². The molecular weight excluding hydrogens is 362 g/mol. The van der Waals surface area contributed by atoms with Gasteiger partial charge in [0.05, 0.1) is 13.2 Å². The first-order valence-corrected chi connectivity index (χ1v) is 9.79. The number of amides is 1. The van der Waals surface area contributed by atoms with Crippen LogP contribution >= 0.6 is 11.8 Å². The lowest BCUT2D eigenvalue weighted by Crippen LogP contribution is -2.42. The Kier molecular flexibility index (Phi) is 5.09. The molecule has 1 aromatic carbocycles. The van der Waals surface area contributed by atoms with Crippen LogP contribution in [0.1, 0.15) is 22.2 Å². The van der Waals surface area contributed by atoms with Crippen molar-refractivity contribution in [2.24, 2.45) is 0 Å². The lowest BCUT2D eigenvalue weighted by molar-refractivity contribution is -0.134. The van der Waals surface area contributed by atoms with E-state index >= 15 is 0 Å². The summed E-state index contributed by atoms with van der Waals surface area (Å²) in [7, 11) is 0. The van der Waals surface area contributed by atoms with Gasteiger partial charge in [-0.3, -0.25) is 4.79 Å². The average molecular weight is 383 g/mol. The molecule has 1 atom stereocenters. The molecule has 0 N–H and O–H groups in total. The zero-order valence-electron chi connectivity index (χ0n) is 15.3. The van der Waals surface area contributed by atoms with Gasteiger partial charge in [-0.05, 0) is 25.5 Å². The van der Waals surface area contributed by atoms with E-state index in [0.29, 0.717) is 37.2 Å². The third-order valence-corrected chi connectivity index (χ3v) is 5.56. The van der Waals surface area contributed by atoms with Crippen molar-refractivity contribution in [1.82, 2.24) is 24.5 Å². The monoisotopic (exact) mass is 383 g/mol. The number of morpholine rings is 1. The van der Waals surface area contributed by atoms with E-state index in [1.165, 1.54) is 11.8 Å². The van der Waals surface area contributed by atoms with Gasteiger partial charge in [-0.25, -0.2) is 9.50 Å². The van der Waals surface area contributed by atoms with E-state index in [0.717, 1.165) is 17.0 Å². The summed E-state index contributed by atoms with van der Waals surface area (Å²) >= 11 is 1.37. The first kappa shape index (κ1) is 17.9. The molecule has 1 saturated heterocycles. The van der Waals surface area contributed by atoms with E-state index in [1.54, 1.807) is 4.52 Å². The van der Waals surface area contributed by atoms with Gasteiger partial charge >= 0.3 is 0 Å². The Morgan fingerprint density at radius 2 is 1.89 bits per heavy atom. The van der Waals surface area contributed by atoms with E-state index < -0.39 is 5.25 Å². The zero-order valence-corrected chi connectivity index (χ0v) is 16.1. The fraction of sp³-hybridized carbons (Fsp3) is 0.368. The molecule has 0 bridgehead atoms. The molecule has 0 saturated carbocycles. The minimum atomic E-state index is -0.400. The lowest BCUT2D eigenvalue weighted by atomic mass is 10.1. The van der Waals surface area contributed by atoms with Crippen LogP contribution in [0.3, 0.4) is 0 Å². The van der Waals surface area contributed by atoms with E-state index in [1.807, 2.05) is 55.1 Å². The second kappa shape index (κ2) is 7.66. The average Bonchev–Trinajstić information content (AvgIpc) is 3.10. The van der Waals surface area contributed by atoms with Gasteiger partial charge in [0.2, 0.25) is 11.1 Å². The minimum absolute atomic E-state index is 0.0641. The quantitative estimate of drug-likeness (QED) is 0.645. The van der Waals surface area contributed by atoms with Crippen LogP contribution < -0.4 is 0 Å². The predicted molar refractivity (Wildman–Crippen MR) is 103 cm³/mol. The third-order valence-electron chi connectivity index (χ3n) is 4.47. The van der Waals surface area contributed by atoms with Crippen molar-refractivity contribution >= 4 is 23.4 Å². The molecule has 140 valence electrons. The van der Waals surface area contributed by atoms with Crippen molar-refractivity contribution in [2.45, 2.75) is 24.3 Å². The number of carbonyl (C=O) groups is 1. The van der Waals surface area contributed by atoms with Crippen LogP contribution in [-0.4, -0.2) is 56.7 Å². The van der Waals surface area contributed by atoms with Crippen molar-refractivity contribution in [3.8, 4) is 0 Å². The second-order valence-electron chi connectivity index (χ2n) is 6.49. The highest BCUT2D eigenvalue weighted by Gasteiger charge is 2.29. The highest BCUT2D eigenvalue weighted by Crippen LogP contribution is 2.35. The van der Waals surface area contributed by atoms with E-state index in [2.05, 4.69) is 15.1 Å². The third kappa shape index (κ3) is 3.81. The molecule has 2 aromatic heterocycles. The van der Waals surface area contributed by atoms with E-state index in [-0.39, 0.29) is 5.91 Å². The van der Waals surface area contributed by atoms with Crippen LogP contribution in [0.2, 0.25) is 0 Å². The number of benzene rings is 1. The molecule has 3 heterocycles. The largest absolute Gasteiger partial charge is 0.378 e. The van der Waals surface area contributed by atoms with Gasteiger partial charge in [0.1, 0.15) is 5.25 Å². The van der Waals surface area contributed by atoms with Crippen LogP contribution in [0.5, 0.6) is 0 Å². The standard InChI is InChI=1S/C19H21N5O2S/c1-13-12-14(2)24-18(20-13)21-19(22-24)27-16(15-6-4-3-5-7-15)17(25)23-8-10-26-11-9-23/h3-7,12,16H,8-11H2,1-2H3/t16-/m0/s1. The van der Waals surface area contributed by atoms with Crippen LogP contribution in [-0.2, 0) is 9.53 Å². The molecule has 7 nitrogen and oxygen atoms in total. The number of carbonyl (C=O) groups excluding carboxylic acids is 1. The fourth-order valence-corrected chi connectivity index (χ4v) is 4.16. The summed E-state index contributed by atoms with van der Waals surface area (Å²) in [5.41, 5.74) is 2.80. The maximum Gasteiger partial charge on any atom is 0.253 e. The zero-order chi connectivity index (χ0) is 18.8. The number of aromatic nitrogens is 4. The maximum absolute atomic E-state index is 13.2. The van der Waals surface area contributed by atoms with Gasteiger partial charge < -0.3 is 9.64 Å². The van der Waals surface area contributed by atoms with Crippen LogP contribution in [0.4, 0.5) is 0 Å². The van der Waals surface area contributed by atoms with Gasteiger partial charge in [0, 0.05) is 24.5 Å². The number of thioether (sulfide) groups is 1. The SMILES string of the molecule is Cc1cc(C)n2nc(S[C@H](C(=O)N3CCOCC3)c3ccccc3)nc2n1. The van der Waals surface area contributed by atoms with Gasteiger partial charge in [0.25, 0.3) is 5.78 Å². The summed E-state index contributed by atoms with van der Waals surface area (Å²) in [6, 6.07) is 11.7. The van der Waals surface area contributed by atoms with Crippen molar-refractivity contribution in [3.63, 3.8) is 0 Å².